The second-order valence-electron chi connectivity index (χ2n) is 5.34. The van der Waals surface area contributed by atoms with Gasteiger partial charge < -0.3 is 14.5 Å². The van der Waals surface area contributed by atoms with Gasteiger partial charge in [-0.05, 0) is 42.8 Å². The number of nitrogens with zero attached hydrogens (tertiary/aromatic N) is 2. The van der Waals surface area contributed by atoms with Crippen LogP contribution in [0.3, 0.4) is 0 Å². The highest BCUT2D eigenvalue weighted by Gasteiger charge is 2.15. The molecule has 0 aliphatic rings. The molecular formula is C17H13ClFN3O3. The number of aryl methyl sites for hydroxylation is 1. The first kappa shape index (κ1) is 16.9. The molecule has 1 amide bonds. The number of amides is 1. The predicted molar refractivity (Wildman–Crippen MR) is 90.3 cm³/mol. The van der Waals surface area contributed by atoms with Crippen LogP contribution >= 0.6 is 11.6 Å². The molecule has 0 radical (unpaired) electrons. The van der Waals surface area contributed by atoms with E-state index in [0.29, 0.717) is 5.65 Å². The minimum Gasteiger partial charge on any atom is -0.451 e. The second-order valence-corrected chi connectivity index (χ2v) is 5.78. The molecule has 128 valence electrons. The Morgan fingerprint density at radius 3 is 2.92 bits per heavy atom. The minimum absolute atomic E-state index is 0.0762. The van der Waals surface area contributed by atoms with Gasteiger partial charge in [-0.25, -0.2) is 14.2 Å². The average molecular weight is 362 g/mol. The Kier molecular flexibility index (Phi) is 4.67. The highest BCUT2D eigenvalue weighted by atomic mass is 35.5. The Balaban J connectivity index is 1.62. The maximum absolute atomic E-state index is 13.6. The Morgan fingerprint density at radius 2 is 2.12 bits per heavy atom. The zero-order valence-electron chi connectivity index (χ0n) is 13.1. The molecule has 0 spiro atoms. The van der Waals surface area contributed by atoms with Crippen LogP contribution in [0.2, 0.25) is 5.02 Å². The van der Waals surface area contributed by atoms with Gasteiger partial charge in [-0.3, -0.25) is 4.79 Å². The summed E-state index contributed by atoms with van der Waals surface area (Å²) < 4.78 is 20.1. The van der Waals surface area contributed by atoms with Crippen molar-refractivity contribution in [1.29, 1.82) is 0 Å². The molecule has 25 heavy (non-hydrogen) atoms. The van der Waals surface area contributed by atoms with E-state index in [1.54, 1.807) is 10.6 Å². The molecule has 2 aromatic heterocycles. The molecule has 0 aliphatic carbocycles. The Labute approximate surface area is 147 Å². The largest absolute Gasteiger partial charge is 0.451 e. The van der Waals surface area contributed by atoms with E-state index in [1.807, 2.05) is 19.1 Å². The SMILES string of the molecule is Cc1ccn2cc(C(=O)OCC(=O)Nc3cc(Cl)ccc3F)nc2c1. The number of fused-ring (bicyclic) bond motifs is 1. The molecule has 0 saturated heterocycles. The molecule has 0 saturated carbocycles. The second kappa shape index (κ2) is 6.90. The summed E-state index contributed by atoms with van der Waals surface area (Å²) in [5.41, 5.74) is 1.59. The van der Waals surface area contributed by atoms with Crippen LogP contribution in [0.5, 0.6) is 0 Å². The van der Waals surface area contributed by atoms with Crippen LogP contribution in [-0.4, -0.2) is 27.9 Å². The van der Waals surface area contributed by atoms with Gasteiger partial charge in [-0.15, -0.1) is 0 Å². The summed E-state index contributed by atoms with van der Waals surface area (Å²) in [6.45, 7) is 1.34. The van der Waals surface area contributed by atoms with Gasteiger partial charge in [0.25, 0.3) is 5.91 Å². The van der Waals surface area contributed by atoms with E-state index in [0.717, 1.165) is 11.6 Å². The third kappa shape index (κ3) is 3.95. The number of pyridine rings is 1. The number of ether oxygens (including phenoxy) is 1. The third-order valence-electron chi connectivity index (χ3n) is 3.36. The van der Waals surface area contributed by atoms with Gasteiger partial charge in [0.1, 0.15) is 11.5 Å². The van der Waals surface area contributed by atoms with Crippen molar-refractivity contribution in [3.8, 4) is 0 Å². The molecule has 1 N–H and O–H groups in total. The molecular weight excluding hydrogens is 349 g/mol. The van der Waals surface area contributed by atoms with Crippen molar-refractivity contribution in [3.63, 3.8) is 0 Å². The number of nitrogens with one attached hydrogen (secondary N) is 1. The lowest BCUT2D eigenvalue weighted by molar-refractivity contribution is -0.119. The zero-order chi connectivity index (χ0) is 18.0. The van der Waals surface area contributed by atoms with Crippen LogP contribution in [0.25, 0.3) is 5.65 Å². The molecule has 6 nitrogen and oxygen atoms in total. The highest BCUT2D eigenvalue weighted by Crippen LogP contribution is 2.19. The molecule has 3 aromatic rings. The number of rotatable bonds is 4. The highest BCUT2D eigenvalue weighted by molar-refractivity contribution is 6.30. The smallest absolute Gasteiger partial charge is 0.359 e. The molecule has 0 unspecified atom stereocenters. The van der Waals surface area contributed by atoms with E-state index in [2.05, 4.69) is 10.3 Å². The number of benzene rings is 1. The topological polar surface area (TPSA) is 72.7 Å². The molecule has 1 aromatic carbocycles. The van der Waals surface area contributed by atoms with Gasteiger partial charge in [-0.1, -0.05) is 11.6 Å². The van der Waals surface area contributed by atoms with E-state index in [1.165, 1.54) is 18.3 Å². The number of hydrogen-bond donors (Lipinski definition) is 1. The molecule has 8 heteroatoms. The van der Waals surface area contributed by atoms with E-state index in [-0.39, 0.29) is 16.4 Å². The summed E-state index contributed by atoms with van der Waals surface area (Å²) in [5, 5.41) is 2.56. The lowest BCUT2D eigenvalue weighted by Gasteiger charge is -2.07. The molecule has 2 heterocycles. The zero-order valence-corrected chi connectivity index (χ0v) is 13.9. The quantitative estimate of drug-likeness (QED) is 0.724. The maximum Gasteiger partial charge on any atom is 0.359 e. The lowest BCUT2D eigenvalue weighted by atomic mass is 10.3. The van der Waals surface area contributed by atoms with Crippen LogP contribution in [0.15, 0.2) is 42.7 Å². The number of hydrogen-bond acceptors (Lipinski definition) is 4. The summed E-state index contributed by atoms with van der Waals surface area (Å²) >= 11 is 5.74. The van der Waals surface area contributed by atoms with Crippen molar-refractivity contribution < 1.29 is 18.7 Å². The monoisotopic (exact) mass is 361 g/mol. The fraction of sp³-hybridized carbons (Fsp3) is 0.118. The number of imidazole rings is 1. The van der Waals surface area contributed by atoms with Crippen molar-refractivity contribution in [2.75, 3.05) is 11.9 Å². The van der Waals surface area contributed by atoms with E-state index in [4.69, 9.17) is 16.3 Å². The number of carbonyl (C=O) groups excluding carboxylic acids is 2. The number of anilines is 1. The van der Waals surface area contributed by atoms with Crippen LogP contribution in [0.1, 0.15) is 16.1 Å². The van der Waals surface area contributed by atoms with Crippen LogP contribution in [0.4, 0.5) is 10.1 Å². The molecule has 0 bridgehead atoms. The predicted octanol–water partition coefficient (Wildman–Crippen LogP) is 3.23. The van der Waals surface area contributed by atoms with Gasteiger partial charge in [0.05, 0.1) is 5.69 Å². The van der Waals surface area contributed by atoms with Crippen molar-refractivity contribution in [2.45, 2.75) is 6.92 Å². The number of esters is 1. The van der Waals surface area contributed by atoms with Crippen molar-refractivity contribution >= 4 is 34.8 Å². The van der Waals surface area contributed by atoms with Crippen LogP contribution in [0, 0.1) is 12.7 Å². The Hall–Kier alpha value is -2.93. The summed E-state index contributed by atoms with van der Waals surface area (Å²) in [6, 6.07) is 7.43. The maximum atomic E-state index is 13.6. The summed E-state index contributed by atoms with van der Waals surface area (Å²) in [5.74, 6) is -2.07. The average Bonchev–Trinajstić information content (AvgIpc) is 2.99. The van der Waals surface area contributed by atoms with Crippen molar-refractivity contribution in [1.82, 2.24) is 9.38 Å². The number of carbonyl (C=O) groups is 2. The summed E-state index contributed by atoms with van der Waals surface area (Å²) in [6.07, 6.45) is 3.27. The standard InChI is InChI=1S/C17H13ClFN3O3/c1-10-4-5-22-8-14(20-15(22)6-10)17(24)25-9-16(23)21-13-7-11(18)2-3-12(13)19/h2-8H,9H2,1H3,(H,21,23). The van der Waals surface area contributed by atoms with Gasteiger partial charge in [0.15, 0.2) is 12.3 Å². The molecule has 0 aliphatic heterocycles. The normalized spacial score (nSPS) is 10.7. The van der Waals surface area contributed by atoms with Gasteiger partial charge in [0, 0.05) is 17.4 Å². The Bertz CT molecular complexity index is 971. The van der Waals surface area contributed by atoms with E-state index in [9.17, 15) is 14.0 Å². The molecule has 3 rings (SSSR count). The van der Waals surface area contributed by atoms with Crippen LogP contribution < -0.4 is 5.32 Å². The number of aromatic nitrogens is 2. The lowest BCUT2D eigenvalue weighted by Crippen LogP contribution is -2.21. The first-order valence-electron chi connectivity index (χ1n) is 7.30. The van der Waals surface area contributed by atoms with Gasteiger partial charge in [-0.2, -0.15) is 0 Å². The first-order chi connectivity index (χ1) is 11.9. The van der Waals surface area contributed by atoms with E-state index < -0.39 is 24.3 Å². The van der Waals surface area contributed by atoms with Crippen LogP contribution in [-0.2, 0) is 9.53 Å². The van der Waals surface area contributed by atoms with E-state index >= 15 is 0 Å². The molecule has 0 atom stereocenters. The number of halogens is 2. The minimum atomic E-state index is -0.747. The van der Waals surface area contributed by atoms with Gasteiger partial charge in [0.2, 0.25) is 0 Å². The van der Waals surface area contributed by atoms with Gasteiger partial charge >= 0.3 is 5.97 Å². The molecule has 0 fully saturated rings. The summed E-state index contributed by atoms with van der Waals surface area (Å²) in [4.78, 5) is 27.9. The fourth-order valence-corrected chi connectivity index (χ4v) is 2.34. The Morgan fingerprint density at radius 1 is 1.32 bits per heavy atom. The first-order valence-corrected chi connectivity index (χ1v) is 7.67. The van der Waals surface area contributed by atoms with Crippen molar-refractivity contribution in [3.05, 3.63) is 64.8 Å². The fourth-order valence-electron chi connectivity index (χ4n) is 2.17. The third-order valence-corrected chi connectivity index (χ3v) is 3.60. The van der Waals surface area contributed by atoms with Crippen molar-refractivity contribution in [2.24, 2.45) is 0 Å². The summed E-state index contributed by atoms with van der Waals surface area (Å²) in [7, 11) is 0.